The highest BCUT2D eigenvalue weighted by Crippen LogP contribution is 2.17. The molecule has 106 valence electrons. The Hall–Kier alpha value is -0.843. The molecule has 2 nitrogen and oxygen atoms in total. The summed E-state index contributed by atoms with van der Waals surface area (Å²) in [6.45, 7) is 7.07. The summed E-state index contributed by atoms with van der Waals surface area (Å²) >= 11 is 9.90. The van der Waals surface area contributed by atoms with Crippen molar-refractivity contribution in [2.75, 3.05) is 0 Å². The van der Waals surface area contributed by atoms with E-state index in [0.717, 1.165) is 15.2 Å². The molecule has 0 fully saturated rings. The quantitative estimate of drug-likeness (QED) is 0.752. The first-order chi connectivity index (χ1) is 9.30. The highest BCUT2D eigenvalue weighted by Gasteiger charge is 2.25. The molecule has 0 aliphatic carbocycles. The van der Waals surface area contributed by atoms with E-state index in [4.69, 9.17) is 11.6 Å². The van der Waals surface area contributed by atoms with E-state index in [-0.39, 0.29) is 5.56 Å². The van der Waals surface area contributed by atoms with Crippen LogP contribution in [0.1, 0.15) is 5.56 Å². The summed E-state index contributed by atoms with van der Waals surface area (Å²) < 4.78 is 2.59. The maximum atomic E-state index is 12.4. The lowest BCUT2D eigenvalue weighted by atomic mass is 10.2. The summed E-state index contributed by atoms with van der Waals surface area (Å²) in [7, 11) is -1.66. The molecule has 1 aromatic heterocycles. The molecule has 2 rings (SSSR count). The van der Waals surface area contributed by atoms with E-state index < -0.39 is 8.07 Å². The Balaban J connectivity index is 2.51. The molecule has 5 heteroatoms. The Labute approximate surface area is 133 Å². The second kappa shape index (κ2) is 5.88. The van der Waals surface area contributed by atoms with Gasteiger partial charge >= 0.3 is 0 Å². The zero-order valence-corrected chi connectivity index (χ0v) is 15.1. The maximum absolute atomic E-state index is 12.4. The average molecular weight is 371 g/mol. The van der Waals surface area contributed by atoms with Gasteiger partial charge < -0.3 is 4.57 Å². The lowest BCUT2D eigenvalue weighted by Gasteiger charge is -2.21. The molecule has 0 atom stereocenters. The Kier molecular flexibility index (Phi) is 4.57. The number of benzene rings is 1. The Morgan fingerprint density at radius 1 is 1.20 bits per heavy atom. The average Bonchev–Trinajstić information content (AvgIpc) is 2.35. The zero-order valence-electron chi connectivity index (χ0n) is 11.8. The zero-order chi connectivity index (χ0) is 14.9. The fourth-order valence-electron chi connectivity index (χ4n) is 2.18. The molecule has 0 saturated heterocycles. The largest absolute Gasteiger partial charge is 0.309 e. The van der Waals surface area contributed by atoms with Crippen LogP contribution in [0.15, 0.2) is 45.8 Å². The molecule has 1 heterocycles. The molecule has 0 N–H and O–H groups in total. The van der Waals surface area contributed by atoms with Crippen LogP contribution in [0.4, 0.5) is 0 Å². The summed E-state index contributed by atoms with van der Waals surface area (Å²) in [6, 6.07) is 9.89. The predicted molar refractivity (Wildman–Crippen MR) is 91.9 cm³/mol. The van der Waals surface area contributed by atoms with Gasteiger partial charge in [-0.05, 0) is 26.7 Å². The van der Waals surface area contributed by atoms with Crippen molar-refractivity contribution in [2.45, 2.75) is 26.2 Å². The summed E-state index contributed by atoms with van der Waals surface area (Å²) in [5.74, 6) is 0. The fraction of sp³-hybridized carbons (Fsp3) is 0.267. The van der Waals surface area contributed by atoms with Crippen LogP contribution in [-0.2, 0) is 6.54 Å². The first kappa shape index (κ1) is 15.5. The lowest BCUT2D eigenvalue weighted by molar-refractivity contribution is 0.758. The van der Waals surface area contributed by atoms with Crippen LogP contribution >= 0.6 is 27.5 Å². The molecule has 0 spiro atoms. The van der Waals surface area contributed by atoms with Crippen molar-refractivity contribution in [2.24, 2.45) is 0 Å². The number of pyridine rings is 1. The van der Waals surface area contributed by atoms with E-state index in [2.05, 4.69) is 35.6 Å². The molecule has 0 unspecified atom stereocenters. The number of halogens is 2. The number of nitrogens with zero attached hydrogens (tertiary/aromatic N) is 1. The van der Waals surface area contributed by atoms with Gasteiger partial charge in [0.25, 0.3) is 5.56 Å². The summed E-state index contributed by atoms with van der Waals surface area (Å²) in [6.07, 6.45) is 1.86. The third kappa shape index (κ3) is 3.24. The smallest absolute Gasteiger partial charge is 0.269 e. The molecule has 0 radical (unpaired) electrons. The molecule has 2 aromatic rings. The predicted octanol–water partition coefficient (Wildman–Crippen LogP) is 3.86. The monoisotopic (exact) mass is 369 g/mol. The third-order valence-electron chi connectivity index (χ3n) is 3.12. The first-order valence-electron chi connectivity index (χ1n) is 6.43. The van der Waals surface area contributed by atoms with E-state index in [1.807, 2.05) is 36.5 Å². The van der Waals surface area contributed by atoms with Gasteiger partial charge in [0, 0.05) is 10.7 Å². The first-order valence-corrected chi connectivity index (χ1v) is 11.1. The maximum Gasteiger partial charge on any atom is 0.269 e. The van der Waals surface area contributed by atoms with Crippen LogP contribution in [0.25, 0.3) is 0 Å². The molecule has 1 aromatic carbocycles. The van der Waals surface area contributed by atoms with Crippen molar-refractivity contribution in [3.8, 4) is 0 Å². The second-order valence-electron chi connectivity index (χ2n) is 5.83. The topological polar surface area (TPSA) is 22.0 Å². The van der Waals surface area contributed by atoms with Gasteiger partial charge in [0.15, 0.2) is 0 Å². The van der Waals surface area contributed by atoms with Gasteiger partial charge in [-0.3, -0.25) is 4.79 Å². The normalized spacial score (nSPS) is 11.7. The summed E-state index contributed by atoms with van der Waals surface area (Å²) in [5.41, 5.74) is 0.967. The van der Waals surface area contributed by atoms with Gasteiger partial charge in [0.1, 0.15) is 5.02 Å². The highest BCUT2D eigenvalue weighted by atomic mass is 79.9. The Morgan fingerprint density at radius 2 is 1.80 bits per heavy atom. The molecular weight excluding hydrogens is 354 g/mol. The van der Waals surface area contributed by atoms with Crippen LogP contribution in [0.3, 0.4) is 0 Å². The molecule has 0 saturated carbocycles. The van der Waals surface area contributed by atoms with Gasteiger partial charge in [-0.25, -0.2) is 0 Å². The summed E-state index contributed by atoms with van der Waals surface area (Å²) in [4.78, 5) is 12.4. The molecular formula is C15H17BrClNOSi. The minimum atomic E-state index is -1.66. The SMILES string of the molecule is C[Si](C)(C)c1c(Br)cn(Cc2ccccc2)c(=O)c1Cl. The highest BCUT2D eigenvalue weighted by molar-refractivity contribution is 9.10. The van der Waals surface area contributed by atoms with Gasteiger partial charge in [-0.15, -0.1) is 0 Å². The minimum Gasteiger partial charge on any atom is -0.309 e. The molecule has 20 heavy (non-hydrogen) atoms. The van der Waals surface area contributed by atoms with Gasteiger partial charge in [-0.1, -0.05) is 61.6 Å². The van der Waals surface area contributed by atoms with E-state index in [0.29, 0.717) is 11.6 Å². The molecule has 0 aliphatic rings. The van der Waals surface area contributed by atoms with Crippen LogP contribution in [-0.4, -0.2) is 12.6 Å². The van der Waals surface area contributed by atoms with E-state index in [1.54, 1.807) is 4.57 Å². The number of hydrogen-bond donors (Lipinski definition) is 0. The van der Waals surface area contributed by atoms with Crippen molar-refractivity contribution in [3.63, 3.8) is 0 Å². The number of hydrogen-bond acceptors (Lipinski definition) is 1. The lowest BCUT2D eigenvalue weighted by Crippen LogP contribution is -2.43. The molecule has 0 aliphatic heterocycles. The van der Waals surface area contributed by atoms with Crippen molar-refractivity contribution in [1.29, 1.82) is 0 Å². The van der Waals surface area contributed by atoms with Crippen molar-refractivity contribution in [3.05, 3.63) is 61.9 Å². The number of rotatable bonds is 3. The Morgan fingerprint density at radius 3 is 2.35 bits per heavy atom. The van der Waals surface area contributed by atoms with Crippen LogP contribution in [0, 0.1) is 0 Å². The van der Waals surface area contributed by atoms with E-state index in [9.17, 15) is 4.79 Å². The van der Waals surface area contributed by atoms with Crippen molar-refractivity contribution < 1.29 is 0 Å². The van der Waals surface area contributed by atoms with Gasteiger partial charge in [0.2, 0.25) is 0 Å². The Bertz CT molecular complexity index is 677. The third-order valence-corrected chi connectivity index (χ3v) is 6.62. The fourth-order valence-corrected chi connectivity index (χ4v) is 7.13. The van der Waals surface area contributed by atoms with Crippen LogP contribution in [0.2, 0.25) is 24.7 Å². The van der Waals surface area contributed by atoms with Crippen LogP contribution < -0.4 is 10.7 Å². The van der Waals surface area contributed by atoms with Crippen molar-refractivity contribution >= 4 is 40.8 Å². The van der Waals surface area contributed by atoms with E-state index >= 15 is 0 Å². The van der Waals surface area contributed by atoms with Crippen molar-refractivity contribution in [1.82, 2.24) is 4.57 Å². The van der Waals surface area contributed by atoms with Gasteiger partial charge in [-0.2, -0.15) is 0 Å². The second-order valence-corrected chi connectivity index (χ2v) is 12.1. The number of aromatic nitrogens is 1. The van der Waals surface area contributed by atoms with Crippen LogP contribution in [0.5, 0.6) is 0 Å². The van der Waals surface area contributed by atoms with E-state index in [1.165, 1.54) is 0 Å². The molecule has 0 amide bonds. The standard InChI is InChI=1S/C15H17BrClNOSi/c1-20(2,3)14-12(16)10-18(15(19)13(14)17)9-11-7-5-4-6-8-11/h4-8,10H,9H2,1-3H3. The summed E-state index contributed by atoms with van der Waals surface area (Å²) in [5, 5.41) is 1.35. The van der Waals surface area contributed by atoms with Gasteiger partial charge in [0.05, 0.1) is 14.6 Å². The molecule has 0 bridgehead atoms. The minimum absolute atomic E-state index is 0.115.